The van der Waals surface area contributed by atoms with Crippen LogP contribution in [-0.4, -0.2) is 20.6 Å². The van der Waals surface area contributed by atoms with Crippen molar-refractivity contribution in [2.45, 2.75) is 19.5 Å². The number of amides is 1. The Bertz CT molecular complexity index is 1640. The van der Waals surface area contributed by atoms with E-state index in [1.54, 1.807) is 6.07 Å². The topological polar surface area (TPSA) is 127 Å². The molecule has 0 aliphatic heterocycles. The number of nitrogens with one attached hydrogen (secondary N) is 1. The van der Waals surface area contributed by atoms with E-state index < -0.39 is 17.2 Å². The highest BCUT2D eigenvalue weighted by molar-refractivity contribution is 5.98. The zero-order chi connectivity index (χ0) is 25.1. The Kier molecular flexibility index (Phi) is 6.19. The average molecular weight is 482 g/mol. The van der Waals surface area contributed by atoms with Gasteiger partial charge in [-0.25, -0.2) is 4.79 Å². The molecule has 3 aromatic carbocycles. The first-order valence-electron chi connectivity index (χ1n) is 11.4. The monoisotopic (exact) mass is 481 g/mol. The number of para-hydroxylation sites is 1. The lowest BCUT2D eigenvalue weighted by Crippen LogP contribution is -2.41. The number of aromatic nitrogens is 3. The van der Waals surface area contributed by atoms with Crippen LogP contribution >= 0.6 is 0 Å². The van der Waals surface area contributed by atoms with Crippen molar-refractivity contribution in [3.63, 3.8) is 0 Å². The molecule has 0 aliphatic carbocycles. The average Bonchev–Trinajstić information content (AvgIpc) is 3.30. The Hall–Kier alpha value is -4.92. The Morgan fingerprint density at radius 3 is 2.28 bits per heavy atom. The van der Waals surface area contributed by atoms with Crippen LogP contribution in [0.5, 0.6) is 0 Å². The summed E-state index contributed by atoms with van der Waals surface area (Å²) in [7, 11) is 0. The smallest absolute Gasteiger partial charge is 0.330 e. The maximum absolute atomic E-state index is 13.7. The highest BCUT2D eigenvalue weighted by atomic mass is 16.5. The van der Waals surface area contributed by atoms with Gasteiger partial charge in [0.15, 0.2) is 11.3 Å². The summed E-state index contributed by atoms with van der Waals surface area (Å²) >= 11 is 0. The molecule has 9 heteroatoms. The van der Waals surface area contributed by atoms with Crippen molar-refractivity contribution >= 4 is 28.4 Å². The molecular formula is C27H23N5O4. The zero-order valence-corrected chi connectivity index (χ0v) is 19.3. The van der Waals surface area contributed by atoms with Gasteiger partial charge in [-0.15, -0.1) is 0 Å². The van der Waals surface area contributed by atoms with Crippen LogP contribution < -0.4 is 21.9 Å². The Morgan fingerprint density at radius 2 is 1.56 bits per heavy atom. The summed E-state index contributed by atoms with van der Waals surface area (Å²) in [5, 5.41) is 4.77. The summed E-state index contributed by atoms with van der Waals surface area (Å²) in [6.07, 6.45) is -0.124. The molecule has 180 valence electrons. The number of nitrogens with two attached hydrogens (primary N) is 1. The summed E-state index contributed by atoms with van der Waals surface area (Å²) in [4.78, 5) is 43.0. The minimum absolute atomic E-state index is 0.0757. The third-order valence-electron chi connectivity index (χ3n) is 5.92. The fourth-order valence-electron chi connectivity index (χ4n) is 4.12. The fraction of sp³-hybridized carbons (Fsp3) is 0.111. The number of rotatable bonds is 7. The molecule has 5 rings (SSSR count). The summed E-state index contributed by atoms with van der Waals surface area (Å²) in [5.41, 5.74) is 7.53. The van der Waals surface area contributed by atoms with Gasteiger partial charge in [0.1, 0.15) is 11.5 Å². The molecule has 0 atom stereocenters. The van der Waals surface area contributed by atoms with Crippen LogP contribution in [0.25, 0.3) is 11.0 Å². The molecule has 0 unspecified atom stereocenters. The van der Waals surface area contributed by atoms with E-state index in [1.165, 1.54) is 9.47 Å². The first-order valence-corrected chi connectivity index (χ1v) is 11.4. The van der Waals surface area contributed by atoms with Crippen LogP contribution in [-0.2, 0) is 24.3 Å². The van der Waals surface area contributed by atoms with Crippen molar-refractivity contribution in [2.75, 3.05) is 10.6 Å². The number of benzene rings is 3. The standard InChI is InChI=1S/C27H23N5O4/c28-25-24(26(34)29-27(35)32(25)17-19-11-5-2-6-12-19)31(16-18-9-3-1-4-10-18)23(33)15-21-20-13-7-8-14-22(20)36-30-21/h1-14H,15-17,28H2,(H,29,34,35). The first-order chi connectivity index (χ1) is 17.5. The minimum Gasteiger partial charge on any atom is -0.383 e. The Balaban J connectivity index is 1.58. The molecule has 0 fully saturated rings. The van der Waals surface area contributed by atoms with Crippen molar-refractivity contribution in [3.05, 3.63) is 123 Å². The molecule has 5 aromatic rings. The summed E-state index contributed by atoms with van der Waals surface area (Å²) in [6, 6.07) is 25.7. The van der Waals surface area contributed by atoms with Crippen molar-refractivity contribution in [3.8, 4) is 0 Å². The van der Waals surface area contributed by atoms with Crippen LogP contribution in [0.4, 0.5) is 11.5 Å². The van der Waals surface area contributed by atoms with Gasteiger partial charge in [0.2, 0.25) is 5.91 Å². The zero-order valence-electron chi connectivity index (χ0n) is 19.3. The molecular weight excluding hydrogens is 458 g/mol. The van der Waals surface area contributed by atoms with E-state index >= 15 is 0 Å². The van der Waals surface area contributed by atoms with E-state index in [9.17, 15) is 14.4 Å². The fourth-order valence-corrected chi connectivity index (χ4v) is 4.12. The molecule has 0 saturated heterocycles. The number of nitrogens with zero attached hydrogens (tertiary/aromatic N) is 3. The number of anilines is 2. The molecule has 0 bridgehead atoms. The van der Waals surface area contributed by atoms with E-state index in [0.29, 0.717) is 16.7 Å². The maximum Gasteiger partial charge on any atom is 0.330 e. The van der Waals surface area contributed by atoms with Gasteiger partial charge in [-0.05, 0) is 23.3 Å². The third kappa shape index (κ3) is 4.54. The van der Waals surface area contributed by atoms with Crippen molar-refractivity contribution in [1.82, 2.24) is 14.7 Å². The molecule has 2 aromatic heterocycles. The van der Waals surface area contributed by atoms with Gasteiger partial charge >= 0.3 is 5.69 Å². The molecule has 2 heterocycles. The van der Waals surface area contributed by atoms with Gasteiger partial charge < -0.3 is 10.3 Å². The van der Waals surface area contributed by atoms with E-state index in [2.05, 4.69) is 10.1 Å². The summed E-state index contributed by atoms with van der Waals surface area (Å²) < 4.78 is 6.60. The molecule has 0 spiro atoms. The lowest BCUT2D eigenvalue weighted by Gasteiger charge is -2.24. The second-order valence-electron chi connectivity index (χ2n) is 8.33. The number of aromatic amines is 1. The number of hydrogen-bond acceptors (Lipinski definition) is 6. The summed E-state index contributed by atoms with van der Waals surface area (Å²) in [6.45, 7) is 0.211. The number of H-pyrrole nitrogens is 1. The molecule has 3 N–H and O–H groups in total. The predicted molar refractivity (Wildman–Crippen MR) is 137 cm³/mol. The van der Waals surface area contributed by atoms with Crippen LogP contribution in [0.2, 0.25) is 0 Å². The molecule has 0 radical (unpaired) electrons. The van der Waals surface area contributed by atoms with E-state index in [4.69, 9.17) is 10.3 Å². The second kappa shape index (κ2) is 9.75. The second-order valence-corrected chi connectivity index (χ2v) is 8.33. The van der Waals surface area contributed by atoms with E-state index in [-0.39, 0.29) is 31.0 Å². The SMILES string of the molecule is Nc1c(N(Cc2ccccc2)C(=O)Cc2noc3ccccc23)c(=O)[nH]c(=O)n1Cc1ccccc1. The highest BCUT2D eigenvalue weighted by Gasteiger charge is 2.26. The van der Waals surface area contributed by atoms with E-state index in [0.717, 1.165) is 11.1 Å². The Morgan fingerprint density at radius 1 is 0.917 bits per heavy atom. The lowest BCUT2D eigenvalue weighted by molar-refractivity contribution is -0.118. The van der Waals surface area contributed by atoms with Crippen molar-refractivity contribution < 1.29 is 9.32 Å². The number of carbonyl (C=O) groups is 1. The van der Waals surface area contributed by atoms with Gasteiger partial charge in [0.05, 0.1) is 19.5 Å². The van der Waals surface area contributed by atoms with Crippen LogP contribution in [0.1, 0.15) is 16.8 Å². The maximum atomic E-state index is 13.7. The minimum atomic E-state index is -0.740. The molecule has 0 saturated carbocycles. The number of fused-ring (bicyclic) bond motifs is 1. The molecule has 9 nitrogen and oxygen atoms in total. The highest BCUT2D eigenvalue weighted by Crippen LogP contribution is 2.24. The van der Waals surface area contributed by atoms with Gasteiger partial charge in [-0.1, -0.05) is 78.0 Å². The van der Waals surface area contributed by atoms with Gasteiger partial charge in [0, 0.05) is 5.39 Å². The first kappa shape index (κ1) is 22.9. The number of nitrogen functional groups attached to an aromatic ring is 1. The van der Waals surface area contributed by atoms with Gasteiger partial charge in [-0.3, -0.25) is 24.0 Å². The Labute approximate surface area is 205 Å². The predicted octanol–water partition coefficient (Wildman–Crippen LogP) is 3.08. The van der Waals surface area contributed by atoms with Gasteiger partial charge in [0.25, 0.3) is 5.56 Å². The molecule has 1 amide bonds. The van der Waals surface area contributed by atoms with Crippen molar-refractivity contribution in [2.24, 2.45) is 0 Å². The quantitative estimate of drug-likeness (QED) is 0.368. The van der Waals surface area contributed by atoms with E-state index in [1.807, 2.05) is 78.9 Å². The van der Waals surface area contributed by atoms with Crippen LogP contribution in [0, 0.1) is 0 Å². The summed E-state index contributed by atoms with van der Waals surface area (Å²) in [5.74, 6) is -0.512. The normalized spacial score (nSPS) is 11.0. The molecule has 36 heavy (non-hydrogen) atoms. The van der Waals surface area contributed by atoms with Gasteiger partial charge in [-0.2, -0.15) is 0 Å². The van der Waals surface area contributed by atoms with Crippen molar-refractivity contribution in [1.29, 1.82) is 0 Å². The molecule has 0 aliphatic rings. The number of carbonyl (C=O) groups excluding carboxylic acids is 1. The number of hydrogen-bond donors (Lipinski definition) is 2. The van der Waals surface area contributed by atoms with Crippen LogP contribution in [0.15, 0.2) is 99.0 Å². The van der Waals surface area contributed by atoms with Crippen LogP contribution in [0.3, 0.4) is 0 Å². The third-order valence-corrected chi connectivity index (χ3v) is 5.92. The lowest BCUT2D eigenvalue weighted by atomic mass is 10.1. The largest absolute Gasteiger partial charge is 0.383 e.